The van der Waals surface area contributed by atoms with E-state index >= 15 is 0 Å². The summed E-state index contributed by atoms with van der Waals surface area (Å²) >= 11 is 0. The molecular weight excluding hydrogens is 308 g/mol. The molecule has 0 aliphatic carbocycles. The SMILES string of the molecule is O=C(O)CC1CCN(C(=O)OCc2ccccc2)CCC1(F)F. The average Bonchev–Trinajstić information content (AvgIpc) is 2.65. The van der Waals surface area contributed by atoms with Crippen molar-refractivity contribution in [2.75, 3.05) is 13.1 Å². The molecule has 1 N–H and O–H groups in total. The number of halogens is 2. The summed E-state index contributed by atoms with van der Waals surface area (Å²) in [4.78, 5) is 23.9. The second-order valence-electron chi connectivity index (χ2n) is 5.62. The first-order valence-corrected chi connectivity index (χ1v) is 7.44. The number of ether oxygens (including phenoxy) is 1. The van der Waals surface area contributed by atoms with Gasteiger partial charge in [-0.2, -0.15) is 0 Å². The van der Waals surface area contributed by atoms with E-state index in [4.69, 9.17) is 9.84 Å². The molecule has 1 amide bonds. The third-order valence-electron chi connectivity index (χ3n) is 3.94. The highest BCUT2D eigenvalue weighted by atomic mass is 19.3. The van der Waals surface area contributed by atoms with Gasteiger partial charge in [-0.3, -0.25) is 4.79 Å². The van der Waals surface area contributed by atoms with Crippen LogP contribution in [0.5, 0.6) is 0 Å². The molecule has 1 atom stereocenters. The van der Waals surface area contributed by atoms with E-state index in [1.54, 1.807) is 12.1 Å². The fourth-order valence-electron chi connectivity index (χ4n) is 2.58. The van der Waals surface area contributed by atoms with Crippen molar-refractivity contribution in [2.45, 2.75) is 31.8 Å². The summed E-state index contributed by atoms with van der Waals surface area (Å²) in [7, 11) is 0. The maximum atomic E-state index is 13.9. The van der Waals surface area contributed by atoms with E-state index in [1.165, 1.54) is 4.90 Å². The highest BCUT2D eigenvalue weighted by Gasteiger charge is 2.43. The van der Waals surface area contributed by atoms with Crippen molar-refractivity contribution in [2.24, 2.45) is 5.92 Å². The van der Waals surface area contributed by atoms with Crippen molar-refractivity contribution >= 4 is 12.1 Å². The maximum absolute atomic E-state index is 13.9. The van der Waals surface area contributed by atoms with Crippen LogP contribution in [0.4, 0.5) is 13.6 Å². The third kappa shape index (κ3) is 4.91. The molecule has 1 aliphatic heterocycles. The molecule has 1 heterocycles. The number of benzene rings is 1. The predicted octanol–water partition coefficient (Wildman–Crippen LogP) is 3.15. The van der Waals surface area contributed by atoms with Crippen molar-refractivity contribution in [1.82, 2.24) is 4.90 Å². The van der Waals surface area contributed by atoms with Crippen LogP contribution in [0, 0.1) is 5.92 Å². The molecule has 1 fully saturated rings. The lowest BCUT2D eigenvalue weighted by Crippen LogP contribution is -2.33. The van der Waals surface area contributed by atoms with Crippen LogP contribution in [0.25, 0.3) is 0 Å². The first kappa shape index (κ1) is 17.2. The third-order valence-corrected chi connectivity index (χ3v) is 3.94. The Hall–Kier alpha value is -2.18. The number of hydrogen-bond donors (Lipinski definition) is 1. The lowest BCUT2D eigenvalue weighted by atomic mass is 9.93. The Balaban J connectivity index is 1.91. The van der Waals surface area contributed by atoms with Gasteiger partial charge in [0.05, 0.1) is 6.42 Å². The van der Waals surface area contributed by atoms with E-state index in [0.29, 0.717) is 0 Å². The van der Waals surface area contributed by atoms with Crippen molar-refractivity contribution in [3.05, 3.63) is 35.9 Å². The van der Waals surface area contributed by atoms with E-state index in [9.17, 15) is 18.4 Å². The summed E-state index contributed by atoms with van der Waals surface area (Å²) in [6.45, 7) is 0.00300. The van der Waals surface area contributed by atoms with Crippen LogP contribution in [-0.4, -0.2) is 41.1 Å². The number of amides is 1. The highest BCUT2D eigenvalue weighted by molar-refractivity contribution is 5.68. The zero-order valence-electron chi connectivity index (χ0n) is 12.6. The van der Waals surface area contributed by atoms with Gasteiger partial charge in [-0.25, -0.2) is 13.6 Å². The van der Waals surface area contributed by atoms with Gasteiger partial charge in [0, 0.05) is 25.4 Å². The number of carbonyl (C=O) groups excluding carboxylic acids is 1. The summed E-state index contributed by atoms with van der Waals surface area (Å²) in [5.74, 6) is -5.60. The minimum atomic E-state index is -3.09. The molecule has 23 heavy (non-hydrogen) atoms. The quantitative estimate of drug-likeness (QED) is 0.922. The molecule has 1 unspecified atom stereocenters. The largest absolute Gasteiger partial charge is 0.481 e. The van der Waals surface area contributed by atoms with Crippen LogP contribution in [0.15, 0.2) is 30.3 Å². The van der Waals surface area contributed by atoms with Gasteiger partial charge in [0.1, 0.15) is 6.61 Å². The van der Waals surface area contributed by atoms with Gasteiger partial charge in [-0.05, 0) is 12.0 Å². The highest BCUT2D eigenvalue weighted by Crippen LogP contribution is 2.36. The lowest BCUT2D eigenvalue weighted by molar-refractivity contribution is -0.143. The number of likely N-dealkylation sites (tertiary alicyclic amines) is 1. The molecule has 2 rings (SSSR count). The minimum absolute atomic E-state index is 0.0558. The summed E-state index contributed by atoms with van der Waals surface area (Å²) < 4.78 is 33.0. The molecule has 126 valence electrons. The standard InChI is InChI=1S/C16H19F2NO4/c17-16(18)7-9-19(8-6-13(16)10-14(20)21)15(22)23-11-12-4-2-1-3-5-12/h1-5,13H,6-11H2,(H,20,21). The number of nitrogens with zero attached hydrogens (tertiary/aromatic N) is 1. The lowest BCUT2D eigenvalue weighted by Gasteiger charge is -2.22. The van der Waals surface area contributed by atoms with Crippen molar-refractivity contribution in [3.63, 3.8) is 0 Å². The normalized spacial score (nSPS) is 20.6. The Kier molecular flexibility index (Phi) is 5.52. The van der Waals surface area contributed by atoms with Crippen molar-refractivity contribution in [3.8, 4) is 0 Å². The van der Waals surface area contributed by atoms with Crippen LogP contribution >= 0.6 is 0 Å². The van der Waals surface area contributed by atoms with E-state index in [1.807, 2.05) is 18.2 Å². The molecule has 0 aromatic heterocycles. The van der Waals surface area contributed by atoms with Crippen LogP contribution in [0.2, 0.25) is 0 Å². The maximum Gasteiger partial charge on any atom is 0.410 e. The second-order valence-corrected chi connectivity index (χ2v) is 5.62. The fraction of sp³-hybridized carbons (Fsp3) is 0.500. The first-order chi connectivity index (χ1) is 10.9. The zero-order chi connectivity index (χ0) is 16.9. The van der Waals surface area contributed by atoms with Crippen LogP contribution in [-0.2, 0) is 16.1 Å². The molecule has 0 radical (unpaired) electrons. The molecule has 0 spiro atoms. The van der Waals surface area contributed by atoms with E-state index in [0.717, 1.165) is 5.56 Å². The van der Waals surface area contributed by atoms with Gasteiger partial charge < -0.3 is 14.7 Å². The van der Waals surface area contributed by atoms with Crippen LogP contribution in [0.1, 0.15) is 24.8 Å². The van der Waals surface area contributed by atoms with Gasteiger partial charge in [-0.1, -0.05) is 30.3 Å². The number of hydrogen-bond acceptors (Lipinski definition) is 3. The Morgan fingerprint density at radius 1 is 1.26 bits per heavy atom. The Labute approximate surface area is 132 Å². The zero-order valence-corrected chi connectivity index (χ0v) is 12.6. The monoisotopic (exact) mass is 327 g/mol. The number of aliphatic carboxylic acids is 1. The smallest absolute Gasteiger partial charge is 0.410 e. The Morgan fingerprint density at radius 2 is 1.96 bits per heavy atom. The summed E-state index contributed by atoms with van der Waals surface area (Å²) in [5, 5.41) is 8.74. The second kappa shape index (κ2) is 7.39. The molecular formula is C16H19F2NO4. The van der Waals surface area contributed by atoms with Crippen molar-refractivity contribution in [1.29, 1.82) is 0 Å². The first-order valence-electron chi connectivity index (χ1n) is 7.44. The topological polar surface area (TPSA) is 66.8 Å². The van der Waals surface area contributed by atoms with Crippen LogP contribution < -0.4 is 0 Å². The molecule has 0 saturated carbocycles. The Morgan fingerprint density at radius 3 is 2.61 bits per heavy atom. The molecule has 1 aromatic carbocycles. The number of rotatable bonds is 4. The summed E-state index contributed by atoms with van der Waals surface area (Å²) in [6, 6.07) is 9.06. The van der Waals surface area contributed by atoms with Crippen molar-refractivity contribution < 1.29 is 28.2 Å². The van der Waals surface area contributed by atoms with Gasteiger partial charge in [-0.15, -0.1) is 0 Å². The van der Waals surface area contributed by atoms with Gasteiger partial charge in [0.15, 0.2) is 0 Å². The predicted molar refractivity (Wildman–Crippen MR) is 78.1 cm³/mol. The van der Waals surface area contributed by atoms with Gasteiger partial charge in [0.25, 0.3) is 5.92 Å². The fourth-order valence-corrected chi connectivity index (χ4v) is 2.58. The van der Waals surface area contributed by atoms with E-state index < -0.39 is 36.7 Å². The van der Waals surface area contributed by atoms with Gasteiger partial charge in [0.2, 0.25) is 0 Å². The Bertz CT molecular complexity index is 550. The molecule has 1 saturated heterocycles. The van der Waals surface area contributed by atoms with E-state index in [2.05, 4.69) is 0 Å². The summed E-state index contributed by atoms with van der Waals surface area (Å²) in [6.07, 6.45) is -1.86. The van der Waals surface area contributed by atoms with E-state index in [-0.39, 0.29) is 26.1 Å². The summed E-state index contributed by atoms with van der Waals surface area (Å²) in [5.41, 5.74) is 0.810. The molecule has 1 aromatic rings. The molecule has 5 nitrogen and oxygen atoms in total. The molecule has 0 bridgehead atoms. The molecule has 1 aliphatic rings. The minimum Gasteiger partial charge on any atom is -0.481 e. The van der Waals surface area contributed by atoms with Gasteiger partial charge >= 0.3 is 12.1 Å². The number of carboxylic acid groups (broad SMARTS) is 1. The molecule has 7 heteroatoms. The average molecular weight is 327 g/mol. The number of alkyl halides is 2. The number of carbonyl (C=O) groups is 2. The number of carboxylic acids is 1. The van der Waals surface area contributed by atoms with Crippen LogP contribution in [0.3, 0.4) is 0 Å².